The molecule has 4 saturated heterocycles. The quantitative estimate of drug-likeness (QED) is 0.0620. The summed E-state index contributed by atoms with van der Waals surface area (Å²) in [6, 6.07) is -1.63. The minimum absolute atomic E-state index is 0.0135. The monoisotopic (exact) mass is 2030 g/mol. The summed E-state index contributed by atoms with van der Waals surface area (Å²) in [5, 5.41) is 53.1. The molecule has 12 aliphatic carbocycles. The summed E-state index contributed by atoms with van der Waals surface area (Å²) >= 11 is 3.64. The van der Waals surface area contributed by atoms with E-state index in [1.807, 2.05) is 57.5 Å². The molecule has 0 radical (unpaired) electrons. The van der Waals surface area contributed by atoms with Gasteiger partial charge in [0, 0.05) is 181 Å². The smallest absolute Gasteiger partial charge is 0.330 e. The molecular weight excluding hydrogens is 1890 g/mol. The third-order valence-electron chi connectivity index (χ3n) is 37.4. The third-order valence-corrected chi connectivity index (χ3v) is 38.4. The van der Waals surface area contributed by atoms with Crippen LogP contribution in [0.1, 0.15) is 320 Å². The number of aliphatic hydroxyl groups is 1. The van der Waals surface area contributed by atoms with Crippen LogP contribution in [-0.2, 0) is 163 Å². The molecule has 18 atom stereocenters. The van der Waals surface area contributed by atoms with E-state index in [1.165, 1.54) is 42.1 Å². The van der Waals surface area contributed by atoms with Crippen molar-refractivity contribution in [2.45, 2.75) is 340 Å². The number of anilines is 4. The van der Waals surface area contributed by atoms with Crippen LogP contribution in [0.4, 0.5) is 42.4 Å². The van der Waals surface area contributed by atoms with Crippen molar-refractivity contribution < 1.29 is 72.0 Å². The van der Waals surface area contributed by atoms with Gasteiger partial charge in [-0.25, -0.2) is 38.8 Å². The zero-order valence-electron chi connectivity index (χ0n) is 87.9. The number of carbonyl (C=O) groups is 13. The first-order chi connectivity index (χ1) is 66.8. The highest BCUT2D eigenvalue weighted by molar-refractivity contribution is 9.10. The van der Waals surface area contributed by atoms with Crippen molar-refractivity contribution in [1.82, 2.24) is 85.1 Å². The lowest BCUT2D eigenvalue weighted by Crippen LogP contribution is -2.48. The maximum absolute atomic E-state index is 12.9. The zero-order valence-corrected chi connectivity index (χ0v) is 89.4. The van der Waals surface area contributed by atoms with Gasteiger partial charge in [-0.15, -0.1) is 0 Å². The van der Waals surface area contributed by atoms with E-state index < -0.39 is 45.7 Å². The van der Waals surface area contributed by atoms with Gasteiger partial charge in [-0.3, -0.25) is 71.2 Å². The topological polar surface area (TPSA) is 436 Å². The largest absolute Gasteiger partial charge is 0.515 e. The maximum Gasteiger partial charge on any atom is 0.330 e. The Morgan fingerprint density at radius 2 is 0.622 bits per heavy atom. The van der Waals surface area contributed by atoms with Crippen molar-refractivity contribution in [2.75, 3.05) is 19.6 Å². The van der Waals surface area contributed by atoms with Crippen molar-refractivity contribution in [2.24, 2.45) is 107 Å². The molecule has 143 heavy (non-hydrogen) atoms. The molecule has 4 aliphatic heterocycles. The van der Waals surface area contributed by atoms with Crippen LogP contribution < -0.4 is 40.9 Å². The molecule has 36 nitrogen and oxygen atoms in total. The Morgan fingerprint density at radius 1 is 0.343 bits per heavy atom. The number of amides is 12. The number of imide groups is 4. The molecule has 5 saturated carbocycles. The normalized spacial score (nSPS) is 33.3. The molecule has 12 amide bonds. The predicted octanol–water partition coefficient (Wildman–Crippen LogP) is 13.9. The number of aromatic nitrogens is 13. The summed E-state index contributed by atoms with van der Waals surface area (Å²) < 4.78 is 17.1. The molecule has 0 bridgehead atoms. The fourth-order valence-electron chi connectivity index (χ4n) is 29.3. The molecule has 5 N–H and O–H groups in total. The summed E-state index contributed by atoms with van der Waals surface area (Å²) in [6.07, 6.45) is 22.9. The van der Waals surface area contributed by atoms with Crippen molar-refractivity contribution in [3.63, 3.8) is 0 Å². The van der Waals surface area contributed by atoms with E-state index in [-0.39, 0.29) is 116 Å². The Kier molecular flexibility index (Phi) is 24.8. The van der Waals surface area contributed by atoms with E-state index in [4.69, 9.17) is 30.0 Å². The average molecular weight is 2030 g/mol. The highest BCUT2D eigenvalue weighted by Gasteiger charge is 2.62. The first-order valence-electron chi connectivity index (χ1n) is 51.4. The number of nitrogens with zero attached hydrogens (tertiary/aromatic N) is 17. The fourth-order valence-corrected chi connectivity index (χ4v) is 29.8. The SMILES string of the molecule is C[C@@H]1C(=O)/C(=C\O)C[C@]2(C)c3nn(C)c(N4C(=O)NC(C)(C)C4=O)c3CC[C@@H]12.C[C@@H]1C(=O)CC[C@]2(C)c3nn(C)c(Br)c3CC[C@@H]12.C[C@@H]1C(=O)CC[C@]2(C)c3nn(C)c(N4C(=O)NC(C)(C)C4=O)c3CC[C@@H]12.C[C@@H]1C(=O)CC[C@]2(C)c3nn(C)c(N4C(=O)NC(C)(C)C4=O)c3CC[C@@H]12.C[C@@H]1C(=O)CC[C@]2(C)c3nn(C)cc3CC[C@@H]12.C[C@@H]1c2oncc2C[C@]2(C)c3nn(C)c(N4C(=O)NC(C)(C)C4=O)c3CC[C@@H]12. The number of aryl methyl sites for hydroxylation is 7. The van der Waals surface area contributed by atoms with E-state index in [1.54, 1.807) is 95.3 Å². The minimum atomic E-state index is -0.964. The fraction of sp³-hybridized carbons (Fsp3) is 0.660. The molecule has 23 rings (SSSR count). The lowest BCUT2D eigenvalue weighted by atomic mass is 9.55. The Balaban J connectivity index is 0.000000114. The molecule has 0 spiro atoms. The molecule has 768 valence electrons. The number of urea groups is 4. The van der Waals surface area contributed by atoms with Crippen LogP contribution in [0.15, 0.2) is 33.4 Å². The van der Waals surface area contributed by atoms with Gasteiger partial charge in [0.05, 0.1) is 46.6 Å². The molecule has 0 unspecified atom stereocenters. The van der Waals surface area contributed by atoms with E-state index >= 15 is 0 Å². The van der Waals surface area contributed by atoms with Crippen LogP contribution in [0.25, 0.3) is 0 Å². The second-order valence-electron chi connectivity index (χ2n) is 47.9. The van der Waals surface area contributed by atoms with Gasteiger partial charge < -0.3 is 30.9 Å². The van der Waals surface area contributed by atoms with E-state index in [9.17, 15) is 67.4 Å². The standard InChI is InChI=1S/C20H25N5O3.C20H26N4O4.2C19H26N4O3.C14H19BrN2O.C14H20N2O/c1-10-13-7-6-12-15(20(13,4)8-11-9-21-28-14(10)11)23-24(5)16(12)25-17(26)19(2,3)22-18(25)27;1-10-13-7-6-12-15(20(13,4)8-11(9-25)14(10)26)22-23(5)16(12)24-17(27)19(2,3)21-18(24)28;2*1-10-12-7-6-11-14(19(12,4)9-8-13(10)24)21-22(5)15(11)23-16(25)18(2,3)20-17(23)26;1-8-10-5-4-9-12(16-17(3)13(9)15)14(10,2)7-6-11(8)18;1-9-11-5-4-10-8-16(3)15-13(10)14(11,2)7-6-12(9)17/h9-10,13H,6-8H2,1-5H3,(H,22,27);9-10,13,25H,6-8H2,1-5H3,(H,21,28);2*10,12H,6-9H2,1-5H3,(H,20,26);8,10H,4-7H2,1-3H3;8-9,11H,4-7H2,1-3H3/b;11-9-;;;;/t2*10-,13-,20-;2*10-,12-,19-;8-,10-,14-;9-,11-,14-/m000000/s1. The maximum atomic E-state index is 12.9. The minimum Gasteiger partial charge on any atom is -0.515 e. The Labute approximate surface area is 843 Å². The van der Waals surface area contributed by atoms with Gasteiger partial charge in [-0.2, -0.15) is 30.6 Å². The van der Waals surface area contributed by atoms with Crippen LogP contribution in [0, 0.1) is 65.1 Å². The number of Topliss-reactive ketones (excluding diaryl/α,β-unsaturated/α-hetero) is 5. The molecule has 0 aromatic carbocycles. The van der Waals surface area contributed by atoms with Gasteiger partial charge in [-0.1, -0.05) is 88.2 Å². The van der Waals surface area contributed by atoms with E-state index in [2.05, 4.69) is 116 Å². The highest BCUT2D eigenvalue weighted by atomic mass is 79.9. The summed E-state index contributed by atoms with van der Waals surface area (Å²) in [5.41, 5.74) is 9.84. The molecule has 7 aromatic heterocycles. The number of fused-ring (bicyclic) bond motifs is 19. The van der Waals surface area contributed by atoms with Crippen LogP contribution in [0.3, 0.4) is 0 Å². The zero-order chi connectivity index (χ0) is 104. The lowest BCUT2D eigenvalue weighted by molar-refractivity contribution is -0.129. The number of allylic oxidation sites excluding steroid dienone is 1. The molecule has 9 fully saturated rings. The third kappa shape index (κ3) is 15.6. The Bertz CT molecular complexity index is 6480. The Morgan fingerprint density at radius 3 is 0.944 bits per heavy atom. The Hall–Kier alpha value is -11.4. The number of aliphatic hydroxyl groups excluding tert-OH is 1. The summed E-state index contributed by atoms with van der Waals surface area (Å²) in [5.74, 6) is 6.20. The number of carbonyl (C=O) groups excluding carboxylic acids is 13. The molecule has 16 aliphatic rings. The number of nitrogens with one attached hydrogen (secondary N) is 4. The highest BCUT2D eigenvalue weighted by Crippen LogP contribution is 2.61. The first kappa shape index (κ1) is 102. The van der Waals surface area contributed by atoms with E-state index in [0.717, 1.165) is 176 Å². The van der Waals surface area contributed by atoms with Crippen LogP contribution >= 0.6 is 15.9 Å². The van der Waals surface area contributed by atoms with Gasteiger partial charge in [0.15, 0.2) is 5.78 Å². The second kappa shape index (κ2) is 34.9. The van der Waals surface area contributed by atoms with Crippen molar-refractivity contribution >= 4 is 116 Å². The molecule has 37 heteroatoms. The van der Waals surface area contributed by atoms with Gasteiger partial charge in [0.1, 0.15) is 78.9 Å². The number of halogens is 1. The van der Waals surface area contributed by atoms with Crippen molar-refractivity contribution in [1.29, 1.82) is 0 Å². The van der Waals surface area contributed by atoms with Gasteiger partial charge in [0.25, 0.3) is 23.6 Å². The van der Waals surface area contributed by atoms with Crippen LogP contribution in [0.5, 0.6) is 0 Å². The molecule has 7 aromatic rings. The number of hydrogen-bond acceptors (Lipinski definition) is 22. The van der Waals surface area contributed by atoms with Crippen LogP contribution in [-0.4, -0.2) is 168 Å². The molecule has 11 heterocycles. The van der Waals surface area contributed by atoms with Gasteiger partial charge in [-0.05, 0) is 228 Å². The van der Waals surface area contributed by atoms with Gasteiger partial charge in [0.2, 0.25) is 0 Å². The van der Waals surface area contributed by atoms with Crippen molar-refractivity contribution in [3.8, 4) is 0 Å². The van der Waals surface area contributed by atoms with E-state index in [0.29, 0.717) is 102 Å². The van der Waals surface area contributed by atoms with Gasteiger partial charge >= 0.3 is 24.1 Å². The number of ketones is 5. The van der Waals surface area contributed by atoms with Crippen LogP contribution in [0.2, 0.25) is 0 Å². The number of hydrogen-bond donors (Lipinski definition) is 5. The second-order valence-corrected chi connectivity index (χ2v) is 48.6. The van der Waals surface area contributed by atoms with Crippen molar-refractivity contribution in [3.05, 3.63) is 108 Å². The summed E-state index contributed by atoms with van der Waals surface area (Å²) in [7, 11) is 11.1. The molecular formula is C106H142BrN21O15. The lowest BCUT2D eigenvalue weighted by Gasteiger charge is -2.47. The average Bonchev–Trinajstić information content (AvgIpc) is 1.60. The summed E-state index contributed by atoms with van der Waals surface area (Å²) in [4.78, 5) is 167. The summed E-state index contributed by atoms with van der Waals surface area (Å²) in [6.45, 7) is 39.3. The first-order valence-corrected chi connectivity index (χ1v) is 52.2. The predicted molar refractivity (Wildman–Crippen MR) is 534 cm³/mol. The number of rotatable bonds is 4.